The van der Waals surface area contributed by atoms with Crippen molar-refractivity contribution >= 4 is 131 Å². The second-order valence-electron chi connectivity index (χ2n) is 33.2. The number of fused-ring (bicyclic) bond motifs is 18. The average Bonchev–Trinajstić information content (AvgIpc) is 1.57. The van der Waals surface area contributed by atoms with Crippen molar-refractivity contribution in [2.75, 3.05) is 0 Å². The molecule has 0 aliphatic rings. The Hall–Kier alpha value is -18.0. The third-order valence-corrected chi connectivity index (χ3v) is 25.9. The van der Waals surface area contributed by atoms with Gasteiger partial charge in [0.05, 0.1) is 71.7 Å². The highest BCUT2D eigenvalue weighted by molar-refractivity contribution is 6.26. The Morgan fingerprint density at radius 1 is 0.159 bits per heavy atom. The van der Waals surface area contributed by atoms with Crippen molar-refractivity contribution in [2.24, 2.45) is 0 Å². The van der Waals surface area contributed by atoms with E-state index in [0.29, 0.717) is 17.6 Å². The van der Waals surface area contributed by atoms with Gasteiger partial charge in [-0.1, -0.05) is 303 Å². The summed E-state index contributed by atoms with van der Waals surface area (Å²) in [6.45, 7) is 0. The first-order chi connectivity index (χ1) is 65.6. The Bertz CT molecular complexity index is 8900. The summed E-state index contributed by atoms with van der Waals surface area (Å²) in [6.07, 6.45) is 9.66. The molecule has 0 bridgehead atoms. The van der Waals surface area contributed by atoms with Crippen molar-refractivity contribution in [1.82, 2.24) is 57.3 Å². The number of rotatable bonds is 12. The molecular weight excluding hydrogens is 1610 g/mol. The molecule has 0 spiro atoms. The monoisotopic (exact) mass is 1690 g/mol. The molecule has 0 aliphatic heterocycles. The van der Waals surface area contributed by atoms with E-state index in [0.717, 1.165) is 116 Å². The number of benzene rings is 17. The number of pyridine rings is 3. The summed E-state index contributed by atoms with van der Waals surface area (Å²) in [7, 11) is 0. The summed E-state index contributed by atoms with van der Waals surface area (Å²) < 4.78 is 14.0. The van der Waals surface area contributed by atoms with Crippen LogP contribution in [0.1, 0.15) is 0 Å². The highest BCUT2D eigenvalue weighted by Crippen LogP contribution is 2.49. The molecule has 0 radical (unpaired) electrons. The fraction of sp³-hybridized carbons (Fsp3) is 0. The molecule has 17 aromatic carbocycles. The van der Waals surface area contributed by atoms with E-state index < -0.39 is 0 Å². The summed E-state index contributed by atoms with van der Waals surface area (Å²) in [5.74, 6) is 1.83. The molecule has 27 rings (SSSR count). The number of para-hydroxylation sites is 7. The molecule has 0 fully saturated rings. The molecular formula is C120H78N12. The summed E-state index contributed by atoms with van der Waals surface area (Å²) in [4.78, 5) is 29.3. The van der Waals surface area contributed by atoms with Gasteiger partial charge in [0.1, 0.15) is 0 Å². The van der Waals surface area contributed by atoms with Crippen LogP contribution in [0.5, 0.6) is 0 Å². The number of hydrogen-bond donors (Lipinski definition) is 0. The van der Waals surface area contributed by atoms with E-state index in [9.17, 15) is 0 Å². The zero-order chi connectivity index (χ0) is 87.1. The van der Waals surface area contributed by atoms with Gasteiger partial charge >= 0.3 is 0 Å². The van der Waals surface area contributed by atoms with Crippen LogP contribution < -0.4 is 0 Å². The smallest absolute Gasteiger partial charge is 0.238 e. The minimum Gasteiger partial charge on any atom is -0.309 e. The Morgan fingerprint density at radius 2 is 0.424 bits per heavy atom. The topological polar surface area (TPSA) is 107 Å². The summed E-state index contributed by atoms with van der Waals surface area (Å²) in [6, 6.07) is 156. The third-order valence-electron chi connectivity index (χ3n) is 25.9. The molecule has 10 heterocycles. The van der Waals surface area contributed by atoms with Crippen LogP contribution in [0.2, 0.25) is 0 Å². The lowest BCUT2D eigenvalue weighted by molar-refractivity contribution is 0.953. The van der Waals surface area contributed by atoms with Crippen molar-refractivity contribution in [3.63, 3.8) is 0 Å². The molecule has 0 atom stereocenters. The first kappa shape index (κ1) is 76.4. The third kappa shape index (κ3) is 12.7. The quantitative estimate of drug-likeness (QED) is 0.121. The van der Waals surface area contributed by atoms with E-state index in [4.69, 9.17) is 19.9 Å². The maximum atomic E-state index is 5.13. The van der Waals surface area contributed by atoms with Gasteiger partial charge in [0, 0.05) is 130 Å². The van der Waals surface area contributed by atoms with Crippen LogP contribution in [0.25, 0.3) is 233 Å². The lowest BCUT2D eigenvalue weighted by Crippen LogP contribution is -2.06. The van der Waals surface area contributed by atoms with Gasteiger partial charge in [-0.3, -0.25) is 19.5 Å². The number of hydrogen-bond acceptors (Lipinski definition) is 6. The van der Waals surface area contributed by atoms with Gasteiger partial charge in [-0.2, -0.15) is 9.97 Å². The molecule has 0 saturated carbocycles. The van der Waals surface area contributed by atoms with Crippen molar-refractivity contribution in [1.29, 1.82) is 0 Å². The van der Waals surface area contributed by atoms with Crippen molar-refractivity contribution in [3.05, 3.63) is 474 Å². The number of nitrogens with zero attached hydrogens (tertiary/aromatic N) is 12. The van der Waals surface area contributed by atoms with Gasteiger partial charge < -0.3 is 22.8 Å². The van der Waals surface area contributed by atoms with Crippen LogP contribution in [0.4, 0.5) is 0 Å². The zero-order valence-corrected chi connectivity index (χ0v) is 71.4. The lowest BCUT2D eigenvalue weighted by Gasteiger charge is -2.11. The average molecular weight is 1690 g/mol. The Balaban J connectivity index is 0.000000107. The second-order valence-corrected chi connectivity index (χ2v) is 33.2. The predicted molar refractivity (Wildman–Crippen MR) is 545 cm³/mol. The molecule has 132 heavy (non-hydrogen) atoms. The fourth-order valence-electron chi connectivity index (χ4n) is 20.4. The van der Waals surface area contributed by atoms with Crippen molar-refractivity contribution in [2.45, 2.75) is 0 Å². The van der Waals surface area contributed by atoms with E-state index in [1.807, 2.05) is 97.7 Å². The van der Waals surface area contributed by atoms with Crippen molar-refractivity contribution in [3.8, 4) is 102 Å². The van der Waals surface area contributed by atoms with Crippen LogP contribution in [0.15, 0.2) is 474 Å². The number of aromatic nitrogens is 12. The van der Waals surface area contributed by atoms with Crippen LogP contribution in [0, 0.1) is 0 Å². The fourth-order valence-corrected chi connectivity index (χ4v) is 20.4. The van der Waals surface area contributed by atoms with Gasteiger partial charge in [0.2, 0.25) is 5.95 Å². The first-order valence-electron chi connectivity index (χ1n) is 44.6. The molecule has 0 aliphatic carbocycles. The van der Waals surface area contributed by atoms with Crippen molar-refractivity contribution < 1.29 is 0 Å². The van der Waals surface area contributed by atoms with E-state index >= 15 is 0 Å². The molecule has 27 aromatic rings. The van der Waals surface area contributed by atoms with E-state index in [1.165, 1.54) is 98.7 Å². The first-order valence-corrected chi connectivity index (χ1v) is 44.6. The molecule has 0 amide bonds. The summed E-state index contributed by atoms with van der Waals surface area (Å²) in [5, 5.41) is 13.1. The Labute approximate surface area is 758 Å². The summed E-state index contributed by atoms with van der Waals surface area (Å²) >= 11 is 0. The van der Waals surface area contributed by atoms with Gasteiger partial charge in [0.25, 0.3) is 0 Å². The van der Waals surface area contributed by atoms with E-state index in [2.05, 4.69) is 413 Å². The van der Waals surface area contributed by atoms with Gasteiger partial charge in [0.15, 0.2) is 11.6 Å². The molecule has 0 N–H and O–H groups in total. The zero-order valence-electron chi connectivity index (χ0n) is 71.4. The predicted octanol–water partition coefficient (Wildman–Crippen LogP) is 30.0. The molecule has 618 valence electrons. The largest absolute Gasteiger partial charge is 0.309 e. The maximum absolute atomic E-state index is 5.13. The molecule has 12 heteroatoms. The van der Waals surface area contributed by atoms with E-state index in [-0.39, 0.29) is 0 Å². The van der Waals surface area contributed by atoms with Crippen LogP contribution in [-0.4, -0.2) is 57.3 Å². The van der Waals surface area contributed by atoms with Gasteiger partial charge in [-0.05, 0) is 184 Å². The SMILES string of the molecule is c1ccc(-c2ccc(-n3c4ccccc4c4c(-c5cccc6c5c5cnccc5n6-c5ccccc5)cccc43)cc2)cc1.c1ccc(-c2nc(-c3ccccc3)nc(-n3c4ccccc4c4c(-c5cccc6c5c5cnccc5n6-c5ccccc5)cccc43)n2)cc1.c1ccc(-n2c3ccccc3c3c(-c4cccc5c4c4ncccc4n5-c4ccccc4)cccc32)cc1. The lowest BCUT2D eigenvalue weighted by atomic mass is 9.95. The van der Waals surface area contributed by atoms with Crippen LogP contribution in [-0.2, 0) is 0 Å². The molecule has 0 saturated heterocycles. The van der Waals surface area contributed by atoms with E-state index in [1.54, 1.807) is 0 Å². The molecule has 12 nitrogen and oxygen atoms in total. The van der Waals surface area contributed by atoms with Crippen LogP contribution in [0.3, 0.4) is 0 Å². The molecule has 0 unspecified atom stereocenters. The van der Waals surface area contributed by atoms with Gasteiger partial charge in [-0.15, -0.1) is 0 Å². The minimum absolute atomic E-state index is 0.573. The highest BCUT2D eigenvalue weighted by atomic mass is 15.2. The standard InChI is InChI=1S/C44H28N6.C41H27N3.C35H23N3/c1-4-14-29(15-5-1)42-46-43(30-16-6-2-7-17-30)48-44(47-42)50-36-23-11-10-20-34(36)40-32(21-13-25-39(40)50)33-22-12-24-38-41(33)35-28-45-27-26-37(35)49(38)31-18-8-3-9-19-31;1-3-11-28(12-4-1)29-21-23-31(24-22-29)44-36-18-8-7-15-34(36)40-32(16-9-19-38(40)44)33-17-10-20-39-41(33)35-27-42-26-25-37(35)43(39)30-13-5-2-6-14-30;1-3-12-24(13-4-1)37-29-19-8-7-16-28(29)33-26(17-9-20-30(33)37)27-18-10-21-31-34(27)35-32(22-11-23-36-35)38(31)25-14-5-2-6-15-25/h1-28H;1-27H;1-23H. The minimum atomic E-state index is 0.573. The molecule has 10 aromatic heterocycles. The van der Waals surface area contributed by atoms with Crippen LogP contribution >= 0.6 is 0 Å². The maximum Gasteiger partial charge on any atom is 0.238 e. The highest BCUT2D eigenvalue weighted by Gasteiger charge is 2.27. The summed E-state index contributed by atoms with van der Waals surface area (Å²) in [5.41, 5.74) is 31.9. The second kappa shape index (κ2) is 32.1. The van der Waals surface area contributed by atoms with Gasteiger partial charge in [-0.25, -0.2) is 4.98 Å². The normalized spacial score (nSPS) is 11.6. The Morgan fingerprint density at radius 3 is 0.803 bits per heavy atom. The Kier molecular flexibility index (Phi) is 18.6.